The van der Waals surface area contributed by atoms with Gasteiger partial charge < -0.3 is 16.4 Å². The van der Waals surface area contributed by atoms with Gasteiger partial charge in [0.25, 0.3) is 0 Å². The summed E-state index contributed by atoms with van der Waals surface area (Å²) in [4.78, 5) is 34.2. The number of nitrogens with zero attached hydrogens (tertiary/aromatic N) is 5. The smallest absolute Gasteiger partial charge is 0.250 e. The monoisotopic (exact) mass is 427 g/mol. The number of aromatic nitrogens is 4. The van der Waals surface area contributed by atoms with Crippen molar-refractivity contribution in [2.75, 3.05) is 17.2 Å². The van der Waals surface area contributed by atoms with E-state index >= 15 is 0 Å². The largest absolute Gasteiger partial charge is 0.383 e. The summed E-state index contributed by atoms with van der Waals surface area (Å²) in [5.74, 6) is -0.500. The van der Waals surface area contributed by atoms with Crippen molar-refractivity contribution in [3.8, 4) is 11.3 Å². The van der Waals surface area contributed by atoms with Gasteiger partial charge in [-0.15, -0.1) is 0 Å². The van der Waals surface area contributed by atoms with Crippen molar-refractivity contribution < 1.29 is 9.59 Å². The summed E-state index contributed by atoms with van der Waals surface area (Å²) in [6.45, 7) is 4.28. The summed E-state index contributed by atoms with van der Waals surface area (Å²) in [7, 11) is 0. The lowest BCUT2D eigenvalue weighted by molar-refractivity contribution is -0.114. The van der Waals surface area contributed by atoms with E-state index in [1.54, 1.807) is 27.8 Å². The third kappa shape index (κ3) is 3.91. The number of anilines is 2. The van der Waals surface area contributed by atoms with E-state index in [-0.39, 0.29) is 11.7 Å². The zero-order valence-corrected chi connectivity index (χ0v) is 17.2. The Balaban J connectivity index is 1.75. The van der Waals surface area contributed by atoms with E-state index < -0.39 is 5.91 Å². The van der Waals surface area contributed by atoms with E-state index in [9.17, 15) is 9.59 Å². The molecule has 4 rings (SSSR count). The molecule has 2 heterocycles. The molecule has 0 bridgehead atoms. The van der Waals surface area contributed by atoms with Crippen LogP contribution >= 0.6 is 0 Å². The van der Waals surface area contributed by atoms with Gasteiger partial charge in [-0.05, 0) is 30.3 Å². The zero-order valence-electron chi connectivity index (χ0n) is 17.2. The SMILES string of the molecule is C=CC(=O)N(CCn1nc(-c2cccc(C(N)=O)c2)c2c(N)ncnc21)c1ccccc1. The summed E-state index contributed by atoms with van der Waals surface area (Å²) < 4.78 is 1.67. The maximum atomic E-state index is 12.5. The highest BCUT2D eigenvalue weighted by atomic mass is 16.2. The number of nitrogens with two attached hydrogens (primary N) is 2. The molecule has 32 heavy (non-hydrogen) atoms. The van der Waals surface area contributed by atoms with Crippen LogP contribution in [0.15, 0.2) is 73.6 Å². The molecule has 0 aliphatic carbocycles. The molecule has 0 radical (unpaired) electrons. The first kappa shape index (κ1) is 20.7. The van der Waals surface area contributed by atoms with Gasteiger partial charge in [0.05, 0.1) is 11.9 Å². The summed E-state index contributed by atoms with van der Waals surface area (Å²) in [6.07, 6.45) is 2.64. The minimum atomic E-state index is -0.541. The van der Waals surface area contributed by atoms with E-state index in [0.717, 1.165) is 5.69 Å². The summed E-state index contributed by atoms with van der Waals surface area (Å²) in [5, 5.41) is 5.26. The predicted octanol–water partition coefficient (Wildman–Crippen LogP) is 2.39. The van der Waals surface area contributed by atoms with E-state index in [4.69, 9.17) is 11.5 Å². The number of carbonyl (C=O) groups excluding carboxylic acids is 2. The van der Waals surface area contributed by atoms with Gasteiger partial charge in [0, 0.05) is 23.4 Å². The van der Waals surface area contributed by atoms with E-state index in [1.807, 2.05) is 36.4 Å². The molecular weight excluding hydrogens is 406 g/mol. The van der Waals surface area contributed by atoms with Crippen molar-refractivity contribution in [2.24, 2.45) is 5.73 Å². The van der Waals surface area contributed by atoms with Crippen molar-refractivity contribution in [3.05, 3.63) is 79.1 Å². The van der Waals surface area contributed by atoms with Crippen molar-refractivity contribution in [1.82, 2.24) is 19.7 Å². The van der Waals surface area contributed by atoms with E-state index in [1.165, 1.54) is 12.4 Å². The number of nitrogen functional groups attached to an aromatic ring is 1. The maximum absolute atomic E-state index is 12.5. The normalized spacial score (nSPS) is 10.8. The van der Waals surface area contributed by atoms with Gasteiger partial charge >= 0.3 is 0 Å². The molecule has 0 aliphatic heterocycles. The fourth-order valence-corrected chi connectivity index (χ4v) is 3.49. The first-order valence-corrected chi connectivity index (χ1v) is 9.86. The Morgan fingerprint density at radius 2 is 1.88 bits per heavy atom. The Morgan fingerprint density at radius 3 is 2.59 bits per heavy atom. The number of carbonyl (C=O) groups is 2. The van der Waals surface area contributed by atoms with Gasteiger partial charge in [-0.2, -0.15) is 5.10 Å². The molecule has 0 aliphatic rings. The zero-order chi connectivity index (χ0) is 22.7. The average Bonchev–Trinajstić information content (AvgIpc) is 3.20. The van der Waals surface area contributed by atoms with Crippen molar-refractivity contribution in [2.45, 2.75) is 6.54 Å². The molecule has 2 amide bonds. The molecular formula is C23H21N7O2. The molecule has 0 fully saturated rings. The maximum Gasteiger partial charge on any atom is 0.250 e. The molecule has 0 saturated heterocycles. The number of rotatable bonds is 7. The topological polar surface area (TPSA) is 133 Å². The molecule has 0 saturated carbocycles. The second-order valence-electron chi connectivity index (χ2n) is 7.00. The third-order valence-corrected chi connectivity index (χ3v) is 5.02. The molecule has 0 spiro atoms. The van der Waals surface area contributed by atoms with E-state index in [2.05, 4.69) is 21.6 Å². The Labute approximate surface area is 184 Å². The van der Waals surface area contributed by atoms with Crippen LogP contribution in [-0.2, 0) is 11.3 Å². The van der Waals surface area contributed by atoms with Gasteiger partial charge in [0.15, 0.2) is 5.65 Å². The Hall–Kier alpha value is -4.53. The van der Waals surface area contributed by atoms with Gasteiger partial charge in [-0.1, -0.05) is 36.9 Å². The van der Waals surface area contributed by atoms with Gasteiger partial charge in [0.2, 0.25) is 11.8 Å². The first-order chi connectivity index (χ1) is 15.5. The summed E-state index contributed by atoms with van der Waals surface area (Å²) in [6, 6.07) is 16.1. The van der Waals surface area contributed by atoms with Crippen LogP contribution < -0.4 is 16.4 Å². The highest BCUT2D eigenvalue weighted by molar-refractivity contribution is 6.01. The molecule has 9 heteroatoms. The lowest BCUT2D eigenvalue weighted by Crippen LogP contribution is -2.32. The standard InChI is InChI=1S/C23H21N7O2/c1-2-18(31)29(17-9-4-3-5-10-17)11-12-30-23-19(21(24)26-14-27-23)20(28-30)15-7-6-8-16(13-15)22(25)32/h2-10,13-14H,1,11-12H2,(H2,25,32)(H2,24,26,27). The van der Waals surface area contributed by atoms with Crippen LogP contribution in [0.25, 0.3) is 22.3 Å². The molecule has 4 N–H and O–H groups in total. The second kappa shape index (κ2) is 8.68. The number of benzene rings is 2. The van der Waals surface area contributed by atoms with Gasteiger partial charge in [-0.3, -0.25) is 9.59 Å². The van der Waals surface area contributed by atoms with Crippen molar-refractivity contribution in [3.63, 3.8) is 0 Å². The second-order valence-corrected chi connectivity index (χ2v) is 7.00. The van der Waals surface area contributed by atoms with Crippen LogP contribution in [0.2, 0.25) is 0 Å². The van der Waals surface area contributed by atoms with Crippen LogP contribution in [0.1, 0.15) is 10.4 Å². The molecule has 2 aromatic carbocycles. The number of para-hydroxylation sites is 1. The fraction of sp³-hybridized carbons (Fsp3) is 0.0870. The number of primary amides is 1. The molecule has 4 aromatic rings. The molecule has 0 unspecified atom stereocenters. The van der Waals surface area contributed by atoms with Gasteiger partial charge in [0.1, 0.15) is 17.8 Å². The van der Waals surface area contributed by atoms with Gasteiger partial charge in [-0.25, -0.2) is 14.6 Å². The number of fused-ring (bicyclic) bond motifs is 1. The average molecular weight is 427 g/mol. The van der Waals surface area contributed by atoms with Crippen LogP contribution in [0, 0.1) is 0 Å². The van der Waals surface area contributed by atoms with Crippen LogP contribution in [0.5, 0.6) is 0 Å². The Morgan fingerprint density at radius 1 is 1.09 bits per heavy atom. The molecule has 160 valence electrons. The minimum absolute atomic E-state index is 0.226. The Kier molecular flexibility index (Phi) is 5.63. The first-order valence-electron chi connectivity index (χ1n) is 9.86. The number of hydrogen-bond acceptors (Lipinski definition) is 6. The lowest BCUT2D eigenvalue weighted by atomic mass is 10.1. The summed E-state index contributed by atoms with van der Waals surface area (Å²) in [5.41, 5.74) is 14.4. The lowest BCUT2D eigenvalue weighted by Gasteiger charge is -2.21. The van der Waals surface area contributed by atoms with Crippen LogP contribution in [0.4, 0.5) is 11.5 Å². The predicted molar refractivity (Wildman–Crippen MR) is 123 cm³/mol. The number of amides is 2. The minimum Gasteiger partial charge on any atom is -0.383 e. The van der Waals surface area contributed by atoms with Crippen molar-refractivity contribution in [1.29, 1.82) is 0 Å². The highest BCUT2D eigenvalue weighted by Crippen LogP contribution is 2.30. The quantitative estimate of drug-likeness (QED) is 0.435. The fourth-order valence-electron chi connectivity index (χ4n) is 3.49. The highest BCUT2D eigenvalue weighted by Gasteiger charge is 2.19. The molecule has 2 aromatic heterocycles. The van der Waals surface area contributed by atoms with E-state index in [0.29, 0.717) is 40.9 Å². The number of hydrogen-bond donors (Lipinski definition) is 2. The molecule has 9 nitrogen and oxygen atoms in total. The van der Waals surface area contributed by atoms with Crippen LogP contribution in [-0.4, -0.2) is 38.1 Å². The summed E-state index contributed by atoms with van der Waals surface area (Å²) >= 11 is 0. The van der Waals surface area contributed by atoms with Crippen LogP contribution in [0.3, 0.4) is 0 Å². The molecule has 0 atom stereocenters. The van der Waals surface area contributed by atoms with Crippen molar-refractivity contribution >= 4 is 34.4 Å². The third-order valence-electron chi connectivity index (χ3n) is 5.02. The Bertz CT molecular complexity index is 1310.